The molecule has 2 aromatic carbocycles. The standard InChI is InChI=1S/C39H58N5O4P/c1-6-42(7-2)23-12-15-32(5)41-39(45)22-27-43-24-13-16-34-29-33(19-20-37(34)43)30-40-31-35-21-26-44(38-18-11-10-17-36(35)38)25-14-28-49(46,47-8-3)48-9-4/h10-11,17-21,26,29,31-32H,6-9,12-16,22-25,27-28,30H2,1-5H3/p+1. The van der Waals surface area contributed by atoms with Gasteiger partial charge in [-0.25, -0.2) is 0 Å². The highest BCUT2D eigenvalue weighted by molar-refractivity contribution is 7.53. The van der Waals surface area contributed by atoms with Crippen molar-refractivity contribution in [3.8, 4) is 0 Å². The lowest BCUT2D eigenvalue weighted by molar-refractivity contribution is -0.671. The predicted molar refractivity (Wildman–Crippen MR) is 202 cm³/mol. The normalized spacial score (nSPS) is 14.1. The van der Waals surface area contributed by atoms with Gasteiger partial charge in [0.2, 0.25) is 11.4 Å². The van der Waals surface area contributed by atoms with E-state index >= 15 is 0 Å². The summed E-state index contributed by atoms with van der Waals surface area (Å²) in [6, 6.07) is 17.3. The monoisotopic (exact) mass is 692 g/mol. The summed E-state index contributed by atoms with van der Waals surface area (Å²) < 4.78 is 26.0. The molecule has 49 heavy (non-hydrogen) atoms. The van der Waals surface area contributed by atoms with E-state index in [1.807, 2.05) is 26.1 Å². The number of benzene rings is 2. The highest BCUT2D eigenvalue weighted by Crippen LogP contribution is 2.48. The maximum absolute atomic E-state index is 12.9. The van der Waals surface area contributed by atoms with Crippen molar-refractivity contribution >= 4 is 36.3 Å². The van der Waals surface area contributed by atoms with E-state index in [9.17, 15) is 9.36 Å². The van der Waals surface area contributed by atoms with Crippen LogP contribution in [0.4, 0.5) is 5.69 Å². The van der Waals surface area contributed by atoms with Gasteiger partial charge in [0.1, 0.15) is 6.54 Å². The lowest BCUT2D eigenvalue weighted by atomic mass is 9.99. The van der Waals surface area contributed by atoms with E-state index in [0.29, 0.717) is 38.8 Å². The largest absolute Gasteiger partial charge is 0.371 e. The summed E-state index contributed by atoms with van der Waals surface area (Å²) >= 11 is 0. The van der Waals surface area contributed by atoms with Gasteiger partial charge in [-0.05, 0) is 89.3 Å². The summed E-state index contributed by atoms with van der Waals surface area (Å²) in [6.07, 6.45) is 9.91. The quantitative estimate of drug-likeness (QED) is 0.0724. The summed E-state index contributed by atoms with van der Waals surface area (Å²) in [4.78, 5) is 22.4. The number of aliphatic imine (C=N–C) groups is 1. The van der Waals surface area contributed by atoms with Gasteiger partial charge in [-0.1, -0.05) is 38.1 Å². The molecule has 1 unspecified atom stereocenters. The van der Waals surface area contributed by atoms with Crippen LogP contribution in [0.15, 0.2) is 59.7 Å². The Hall–Kier alpha value is -3.10. The van der Waals surface area contributed by atoms with Crippen molar-refractivity contribution in [3.05, 3.63) is 71.4 Å². The second-order valence-corrected chi connectivity index (χ2v) is 15.1. The topological polar surface area (TPSA) is 87.3 Å². The van der Waals surface area contributed by atoms with Crippen LogP contribution in [0.1, 0.15) is 83.4 Å². The number of rotatable bonds is 21. The lowest BCUT2D eigenvalue weighted by Gasteiger charge is -2.31. The van der Waals surface area contributed by atoms with E-state index in [2.05, 4.69) is 89.1 Å². The molecular weight excluding hydrogens is 633 g/mol. The Kier molecular flexibility index (Phi) is 15.7. The zero-order valence-electron chi connectivity index (χ0n) is 30.5. The number of anilines is 1. The molecule has 0 spiro atoms. The molecule has 0 aliphatic carbocycles. The minimum absolute atomic E-state index is 0.140. The maximum Gasteiger partial charge on any atom is 0.330 e. The summed E-state index contributed by atoms with van der Waals surface area (Å²) in [5.74, 6) is 0.140. The fraction of sp³-hybridized carbons (Fsp3) is 0.564. The fourth-order valence-electron chi connectivity index (χ4n) is 6.74. The smallest absolute Gasteiger partial charge is 0.330 e. The van der Waals surface area contributed by atoms with Crippen LogP contribution in [-0.4, -0.2) is 75.2 Å². The van der Waals surface area contributed by atoms with Gasteiger partial charge in [-0.3, -0.25) is 14.4 Å². The molecule has 1 atom stereocenters. The molecule has 3 aromatic rings. The van der Waals surface area contributed by atoms with Crippen molar-refractivity contribution < 1.29 is 23.0 Å². The van der Waals surface area contributed by atoms with Crippen molar-refractivity contribution in [3.63, 3.8) is 0 Å². The summed E-state index contributed by atoms with van der Waals surface area (Å²) in [5, 5.41) is 4.35. The van der Waals surface area contributed by atoms with Gasteiger partial charge < -0.3 is 24.2 Å². The van der Waals surface area contributed by atoms with Gasteiger partial charge in [0.15, 0.2) is 6.20 Å². The SMILES string of the molecule is CCOP(=O)(CCC[n+]1ccc(C=NCc2ccc3c(c2)CCCN3CCC(=O)NC(C)CCCN(CC)CC)c2ccccc21)OCC. The number of hydrogen-bond donors (Lipinski definition) is 1. The summed E-state index contributed by atoms with van der Waals surface area (Å²) in [7, 11) is -3.06. The van der Waals surface area contributed by atoms with Crippen LogP contribution in [0.5, 0.6) is 0 Å². The summed E-state index contributed by atoms with van der Waals surface area (Å²) in [6.45, 7) is 17.2. The van der Waals surface area contributed by atoms with Crippen LogP contribution < -0.4 is 14.8 Å². The maximum atomic E-state index is 12.9. The zero-order valence-corrected chi connectivity index (χ0v) is 31.4. The molecule has 0 fully saturated rings. The molecule has 1 aliphatic rings. The zero-order chi connectivity index (χ0) is 35.1. The molecule has 1 aliphatic heterocycles. The first-order valence-corrected chi connectivity index (χ1v) is 20.2. The molecular formula is C39H59N5O4P+. The van der Waals surface area contributed by atoms with Crippen LogP contribution in [0.3, 0.4) is 0 Å². The van der Waals surface area contributed by atoms with Crippen LogP contribution in [0, 0.1) is 0 Å². The van der Waals surface area contributed by atoms with Crippen molar-refractivity contribution in [2.24, 2.45) is 4.99 Å². The first kappa shape index (κ1) is 38.7. The van der Waals surface area contributed by atoms with Gasteiger partial charge in [0.05, 0.1) is 31.3 Å². The van der Waals surface area contributed by atoms with E-state index in [1.54, 1.807) is 0 Å². The Bertz CT molecular complexity index is 1550. The number of para-hydroxylation sites is 1. The second-order valence-electron chi connectivity index (χ2n) is 12.9. The molecule has 2 heterocycles. The Balaban J connectivity index is 1.31. The average Bonchev–Trinajstić information content (AvgIpc) is 3.10. The number of carbonyl (C=O) groups excluding carboxylic acids is 1. The third-order valence-corrected chi connectivity index (χ3v) is 11.5. The van der Waals surface area contributed by atoms with Crippen LogP contribution in [0.25, 0.3) is 10.9 Å². The van der Waals surface area contributed by atoms with Crippen LogP contribution >= 0.6 is 7.60 Å². The highest BCUT2D eigenvalue weighted by atomic mass is 31.2. The molecule has 0 bridgehead atoms. The number of hydrogen-bond acceptors (Lipinski definition) is 7. The molecule has 10 heteroatoms. The molecule has 9 nitrogen and oxygen atoms in total. The molecule has 1 aromatic heterocycles. The van der Waals surface area contributed by atoms with Gasteiger partial charge in [0, 0.05) is 61.6 Å². The third-order valence-electron chi connectivity index (χ3n) is 9.33. The molecule has 0 saturated heterocycles. The number of nitrogens with one attached hydrogen (secondary N) is 1. The molecule has 0 radical (unpaired) electrons. The first-order valence-electron chi connectivity index (χ1n) is 18.5. The highest BCUT2D eigenvalue weighted by Gasteiger charge is 2.24. The first-order chi connectivity index (χ1) is 23.8. The van der Waals surface area contributed by atoms with Gasteiger partial charge >= 0.3 is 7.60 Å². The Labute approximate surface area is 294 Å². The van der Waals surface area contributed by atoms with Gasteiger partial charge in [-0.2, -0.15) is 4.57 Å². The molecule has 0 saturated carbocycles. The molecule has 4 rings (SSSR count). The van der Waals surface area contributed by atoms with E-state index in [1.165, 1.54) is 16.8 Å². The Morgan fingerprint density at radius 2 is 1.86 bits per heavy atom. The fourth-order valence-corrected chi connectivity index (χ4v) is 8.38. The number of nitrogens with zero attached hydrogens (tertiary/aromatic N) is 4. The lowest BCUT2D eigenvalue weighted by Crippen LogP contribution is -2.37. The number of fused-ring (bicyclic) bond motifs is 2. The molecule has 1 N–H and O–H groups in total. The van der Waals surface area contributed by atoms with E-state index < -0.39 is 7.60 Å². The molecule has 1 amide bonds. The number of aryl methyl sites for hydroxylation is 2. The minimum Gasteiger partial charge on any atom is -0.371 e. The number of amides is 1. The number of aromatic nitrogens is 1. The van der Waals surface area contributed by atoms with Crippen molar-refractivity contribution in [2.45, 2.75) is 92.3 Å². The molecule has 268 valence electrons. The Morgan fingerprint density at radius 1 is 1.08 bits per heavy atom. The van der Waals surface area contributed by atoms with Gasteiger partial charge in [0.25, 0.3) is 0 Å². The average molecular weight is 693 g/mol. The predicted octanol–water partition coefficient (Wildman–Crippen LogP) is 7.17. The van der Waals surface area contributed by atoms with Crippen molar-refractivity contribution in [1.82, 2.24) is 10.2 Å². The van der Waals surface area contributed by atoms with Crippen LogP contribution in [0.2, 0.25) is 0 Å². The van der Waals surface area contributed by atoms with E-state index in [4.69, 9.17) is 14.0 Å². The minimum atomic E-state index is -3.06. The number of pyridine rings is 1. The third kappa shape index (κ3) is 11.7. The van der Waals surface area contributed by atoms with Crippen molar-refractivity contribution in [1.29, 1.82) is 0 Å². The van der Waals surface area contributed by atoms with Gasteiger partial charge in [-0.15, -0.1) is 0 Å². The van der Waals surface area contributed by atoms with Crippen molar-refractivity contribution in [2.75, 3.05) is 57.0 Å². The van der Waals surface area contributed by atoms with Crippen LogP contribution in [-0.2, 0) is 37.9 Å². The van der Waals surface area contributed by atoms with E-state index in [0.717, 1.165) is 81.4 Å². The van der Waals surface area contributed by atoms with E-state index in [-0.39, 0.29) is 11.9 Å². The summed E-state index contributed by atoms with van der Waals surface area (Å²) in [5.41, 5.74) is 5.96. The number of carbonyl (C=O) groups is 1. The Morgan fingerprint density at radius 3 is 2.61 bits per heavy atom. The second kappa shape index (κ2) is 19.9.